The molecule has 1 aromatic heterocycles. The zero-order chi connectivity index (χ0) is 18.0. The van der Waals surface area contributed by atoms with Gasteiger partial charge in [-0.3, -0.25) is 14.5 Å². The summed E-state index contributed by atoms with van der Waals surface area (Å²) in [6, 6.07) is 1.75. The number of likely N-dealkylation sites (tertiary alicyclic amines) is 2. The Hall–Kier alpha value is -2.09. The van der Waals surface area contributed by atoms with Crippen molar-refractivity contribution in [2.45, 2.75) is 51.1 Å². The summed E-state index contributed by atoms with van der Waals surface area (Å²) in [6.07, 6.45) is 4.62. The number of aryl methyl sites for hydroxylation is 1. The Morgan fingerprint density at radius 1 is 1.16 bits per heavy atom. The van der Waals surface area contributed by atoms with E-state index in [1.807, 2.05) is 6.92 Å². The number of nitrogen functional groups attached to an aromatic ring is 1. The molecule has 8 nitrogen and oxygen atoms in total. The topological polar surface area (TPSA) is 110 Å². The van der Waals surface area contributed by atoms with Gasteiger partial charge in [0.25, 0.3) is 0 Å². The molecule has 0 unspecified atom stereocenters. The highest BCUT2D eigenvalue weighted by Crippen LogP contribution is 2.31. The van der Waals surface area contributed by atoms with Crippen molar-refractivity contribution in [3.8, 4) is 0 Å². The summed E-state index contributed by atoms with van der Waals surface area (Å²) in [5.41, 5.74) is 11.8. The minimum Gasteiger partial charge on any atom is -0.384 e. The Labute approximate surface area is 148 Å². The number of primary amides is 1. The van der Waals surface area contributed by atoms with E-state index >= 15 is 0 Å². The molecule has 0 saturated carbocycles. The summed E-state index contributed by atoms with van der Waals surface area (Å²) in [7, 11) is 0. The first kappa shape index (κ1) is 17.7. The molecule has 8 heteroatoms. The van der Waals surface area contributed by atoms with Crippen LogP contribution in [0, 0.1) is 6.92 Å². The lowest BCUT2D eigenvalue weighted by Crippen LogP contribution is -2.63. The van der Waals surface area contributed by atoms with Crippen LogP contribution in [-0.4, -0.2) is 63.1 Å². The second-order valence-electron chi connectivity index (χ2n) is 7.19. The van der Waals surface area contributed by atoms with Crippen LogP contribution < -0.4 is 11.5 Å². The lowest BCUT2D eigenvalue weighted by atomic mass is 9.83. The number of carbonyl (C=O) groups excluding carboxylic acids is 2. The highest BCUT2D eigenvalue weighted by molar-refractivity contribution is 5.85. The summed E-state index contributed by atoms with van der Waals surface area (Å²) < 4.78 is 1.53. The first-order valence-corrected chi connectivity index (χ1v) is 9.05. The molecule has 0 spiro atoms. The van der Waals surface area contributed by atoms with Gasteiger partial charge in [0, 0.05) is 19.2 Å². The van der Waals surface area contributed by atoms with Crippen LogP contribution in [0.5, 0.6) is 0 Å². The number of amides is 2. The van der Waals surface area contributed by atoms with Crippen molar-refractivity contribution < 1.29 is 9.59 Å². The fourth-order valence-corrected chi connectivity index (χ4v) is 4.09. The van der Waals surface area contributed by atoms with Crippen LogP contribution in [0.3, 0.4) is 0 Å². The van der Waals surface area contributed by atoms with E-state index in [0.29, 0.717) is 31.7 Å². The third-order valence-corrected chi connectivity index (χ3v) is 5.58. The van der Waals surface area contributed by atoms with Crippen LogP contribution in [0.2, 0.25) is 0 Å². The van der Waals surface area contributed by atoms with E-state index < -0.39 is 5.54 Å². The van der Waals surface area contributed by atoms with E-state index in [1.165, 1.54) is 11.1 Å². The fraction of sp³-hybridized carbons (Fsp3) is 0.706. The standard InChI is InChI=1S/C17H28N6O2/c1-13-11-14(18)23(20-13)12-15(24)21-9-5-17(6-10-21,16(19)25)22-7-3-2-4-8-22/h11H,2-10,12,18H2,1H3,(H2,19,25). The van der Waals surface area contributed by atoms with Gasteiger partial charge in [0.15, 0.2) is 0 Å². The number of piperidine rings is 2. The van der Waals surface area contributed by atoms with Crippen LogP contribution in [0.4, 0.5) is 5.82 Å². The van der Waals surface area contributed by atoms with E-state index in [2.05, 4.69) is 10.00 Å². The van der Waals surface area contributed by atoms with Crippen LogP contribution in [0.15, 0.2) is 6.07 Å². The first-order chi connectivity index (χ1) is 11.9. The Kier molecular flexibility index (Phi) is 4.99. The van der Waals surface area contributed by atoms with Gasteiger partial charge in [0.2, 0.25) is 11.8 Å². The van der Waals surface area contributed by atoms with E-state index in [9.17, 15) is 9.59 Å². The molecule has 2 saturated heterocycles. The predicted molar refractivity (Wildman–Crippen MR) is 94.5 cm³/mol. The first-order valence-electron chi connectivity index (χ1n) is 9.05. The molecule has 0 bridgehead atoms. The summed E-state index contributed by atoms with van der Waals surface area (Å²) in [5, 5.41) is 4.24. The molecule has 1 aromatic rings. The second kappa shape index (κ2) is 7.03. The van der Waals surface area contributed by atoms with Gasteiger partial charge in [0.1, 0.15) is 17.9 Å². The zero-order valence-electron chi connectivity index (χ0n) is 14.9. The molecular formula is C17H28N6O2. The normalized spacial score (nSPS) is 21.2. The van der Waals surface area contributed by atoms with Gasteiger partial charge in [-0.1, -0.05) is 6.42 Å². The number of nitrogens with zero attached hydrogens (tertiary/aromatic N) is 4. The van der Waals surface area contributed by atoms with Crippen molar-refractivity contribution in [2.75, 3.05) is 31.9 Å². The smallest absolute Gasteiger partial charge is 0.244 e. The van der Waals surface area contributed by atoms with Crippen LogP contribution in [-0.2, 0) is 16.1 Å². The number of hydrogen-bond donors (Lipinski definition) is 2. The zero-order valence-corrected chi connectivity index (χ0v) is 14.9. The highest BCUT2D eigenvalue weighted by Gasteiger charge is 2.45. The molecule has 138 valence electrons. The molecule has 0 aliphatic carbocycles. The molecule has 2 aliphatic rings. The Morgan fingerprint density at radius 3 is 2.32 bits per heavy atom. The molecule has 2 fully saturated rings. The van der Waals surface area contributed by atoms with Gasteiger partial charge < -0.3 is 16.4 Å². The van der Waals surface area contributed by atoms with Crippen LogP contribution in [0.1, 0.15) is 37.8 Å². The number of aromatic nitrogens is 2. The minimum atomic E-state index is -0.599. The minimum absolute atomic E-state index is 0.0217. The quantitative estimate of drug-likeness (QED) is 0.802. The number of anilines is 1. The maximum atomic E-state index is 12.6. The molecule has 4 N–H and O–H groups in total. The van der Waals surface area contributed by atoms with Crippen molar-refractivity contribution in [3.05, 3.63) is 11.8 Å². The van der Waals surface area contributed by atoms with E-state index in [4.69, 9.17) is 11.5 Å². The number of carbonyl (C=O) groups is 2. The Balaban J connectivity index is 1.64. The van der Waals surface area contributed by atoms with Crippen molar-refractivity contribution in [3.63, 3.8) is 0 Å². The van der Waals surface area contributed by atoms with Crippen LogP contribution >= 0.6 is 0 Å². The average molecular weight is 348 g/mol. The Morgan fingerprint density at radius 2 is 1.80 bits per heavy atom. The highest BCUT2D eigenvalue weighted by atomic mass is 16.2. The molecule has 2 amide bonds. The summed E-state index contributed by atoms with van der Waals surface area (Å²) in [6.45, 7) is 4.89. The third kappa shape index (κ3) is 3.49. The molecular weight excluding hydrogens is 320 g/mol. The van der Waals surface area contributed by atoms with Gasteiger partial charge in [-0.25, -0.2) is 4.68 Å². The number of hydrogen-bond acceptors (Lipinski definition) is 5. The molecule has 25 heavy (non-hydrogen) atoms. The van der Waals surface area contributed by atoms with Gasteiger partial charge in [-0.05, 0) is 45.7 Å². The van der Waals surface area contributed by atoms with E-state index in [-0.39, 0.29) is 18.4 Å². The van der Waals surface area contributed by atoms with Gasteiger partial charge in [-0.15, -0.1) is 0 Å². The van der Waals surface area contributed by atoms with E-state index in [1.54, 1.807) is 11.0 Å². The summed E-state index contributed by atoms with van der Waals surface area (Å²) in [4.78, 5) is 28.8. The Bertz CT molecular complexity index is 642. The van der Waals surface area contributed by atoms with Crippen molar-refractivity contribution in [1.29, 1.82) is 0 Å². The molecule has 0 atom stereocenters. The van der Waals surface area contributed by atoms with Crippen molar-refractivity contribution >= 4 is 17.6 Å². The maximum Gasteiger partial charge on any atom is 0.244 e. The predicted octanol–water partition coefficient (Wildman–Crippen LogP) is 0.106. The third-order valence-electron chi connectivity index (χ3n) is 5.58. The average Bonchev–Trinajstić information content (AvgIpc) is 2.92. The SMILES string of the molecule is Cc1cc(N)n(CC(=O)N2CCC(C(N)=O)(N3CCCCC3)CC2)n1. The fourth-order valence-electron chi connectivity index (χ4n) is 4.09. The van der Waals surface area contributed by atoms with Gasteiger partial charge >= 0.3 is 0 Å². The largest absolute Gasteiger partial charge is 0.384 e. The van der Waals surface area contributed by atoms with E-state index in [0.717, 1.165) is 31.6 Å². The molecule has 3 heterocycles. The van der Waals surface area contributed by atoms with Gasteiger partial charge in [-0.2, -0.15) is 5.10 Å². The monoisotopic (exact) mass is 348 g/mol. The summed E-state index contributed by atoms with van der Waals surface area (Å²) >= 11 is 0. The molecule has 2 aliphatic heterocycles. The maximum absolute atomic E-state index is 12.6. The van der Waals surface area contributed by atoms with Crippen molar-refractivity contribution in [1.82, 2.24) is 19.6 Å². The number of rotatable bonds is 4. The number of nitrogens with two attached hydrogens (primary N) is 2. The van der Waals surface area contributed by atoms with Crippen LogP contribution in [0.25, 0.3) is 0 Å². The van der Waals surface area contributed by atoms with Crippen molar-refractivity contribution in [2.24, 2.45) is 5.73 Å². The molecule has 0 aromatic carbocycles. The van der Waals surface area contributed by atoms with Gasteiger partial charge in [0.05, 0.1) is 5.69 Å². The molecule has 3 rings (SSSR count). The lowest BCUT2D eigenvalue weighted by Gasteiger charge is -2.48. The summed E-state index contributed by atoms with van der Waals surface area (Å²) in [5.74, 6) is 0.211. The lowest BCUT2D eigenvalue weighted by molar-refractivity contribution is -0.142. The second-order valence-corrected chi connectivity index (χ2v) is 7.19. The molecule has 0 radical (unpaired) electrons.